The van der Waals surface area contributed by atoms with E-state index in [0.717, 1.165) is 22.5 Å². The Bertz CT molecular complexity index is 690. The molecule has 4 heteroatoms. The van der Waals surface area contributed by atoms with Gasteiger partial charge in [0.05, 0.1) is 24.0 Å². The van der Waals surface area contributed by atoms with Crippen molar-refractivity contribution in [3.8, 4) is 11.8 Å². The summed E-state index contributed by atoms with van der Waals surface area (Å²) in [6.07, 6.45) is 0. The molecule has 0 aromatic heterocycles. The molecule has 0 bridgehead atoms. The predicted molar refractivity (Wildman–Crippen MR) is 81.9 cm³/mol. The summed E-state index contributed by atoms with van der Waals surface area (Å²) in [4.78, 5) is 0. The Labute approximate surface area is 123 Å². The third kappa shape index (κ3) is 2.71. The van der Waals surface area contributed by atoms with Crippen LogP contribution in [-0.2, 0) is 0 Å². The van der Waals surface area contributed by atoms with Crippen molar-refractivity contribution in [2.24, 2.45) is 0 Å². The van der Waals surface area contributed by atoms with E-state index in [1.807, 2.05) is 32.0 Å². The lowest BCUT2D eigenvalue weighted by atomic mass is 10.1. The fourth-order valence-corrected chi connectivity index (χ4v) is 2.15. The second-order valence-corrected chi connectivity index (χ2v) is 4.94. The molecule has 0 unspecified atom stereocenters. The first-order valence-electron chi connectivity index (χ1n) is 6.17. The van der Waals surface area contributed by atoms with Crippen LogP contribution in [0.3, 0.4) is 0 Å². The smallest absolute Gasteiger partial charge is 0.143 e. The monoisotopic (exact) mass is 286 g/mol. The highest BCUT2D eigenvalue weighted by Gasteiger charge is 2.11. The van der Waals surface area contributed by atoms with Crippen LogP contribution in [0.15, 0.2) is 30.3 Å². The van der Waals surface area contributed by atoms with E-state index in [1.165, 1.54) is 0 Å². The Morgan fingerprint density at radius 2 is 1.95 bits per heavy atom. The van der Waals surface area contributed by atoms with Crippen molar-refractivity contribution in [3.05, 3.63) is 52.0 Å². The minimum atomic E-state index is 0.597. The van der Waals surface area contributed by atoms with Crippen molar-refractivity contribution in [1.29, 1.82) is 5.26 Å². The van der Waals surface area contributed by atoms with Crippen molar-refractivity contribution in [3.63, 3.8) is 0 Å². The molecule has 2 aromatic rings. The SMILES string of the molecule is COc1cc(Cl)c(C)cc1Nc1c(C)cccc1C#N. The molecule has 2 aromatic carbocycles. The molecule has 0 aliphatic rings. The largest absolute Gasteiger partial charge is 0.495 e. The van der Waals surface area contributed by atoms with E-state index in [2.05, 4.69) is 11.4 Å². The summed E-state index contributed by atoms with van der Waals surface area (Å²) >= 11 is 6.10. The van der Waals surface area contributed by atoms with Crippen molar-refractivity contribution < 1.29 is 4.74 Å². The summed E-state index contributed by atoms with van der Waals surface area (Å²) in [5, 5.41) is 13.1. The standard InChI is InChI=1S/C16H15ClN2O/c1-10-5-4-6-12(9-18)16(10)19-14-7-11(2)13(17)8-15(14)20-3/h4-8,19H,1-3H3. The molecule has 0 radical (unpaired) electrons. The normalized spacial score (nSPS) is 9.95. The molecule has 0 saturated heterocycles. The molecule has 0 fully saturated rings. The average molecular weight is 287 g/mol. The zero-order chi connectivity index (χ0) is 14.7. The summed E-state index contributed by atoms with van der Waals surface area (Å²) in [5.74, 6) is 0.646. The van der Waals surface area contributed by atoms with E-state index >= 15 is 0 Å². The molecule has 0 amide bonds. The highest BCUT2D eigenvalue weighted by atomic mass is 35.5. The summed E-state index contributed by atoms with van der Waals surface area (Å²) in [6, 6.07) is 11.5. The number of anilines is 2. The van der Waals surface area contributed by atoms with Crippen molar-refractivity contribution in [2.45, 2.75) is 13.8 Å². The van der Waals surface area contributed by atoms with Gasteiger partial charge < -0.3 is 10.1 Å². The number of ether oxygens (including phenoxy) is 1. The molecule has 3 nitrogen and oxygen atoms in total. The Balaban J connectivity index is 2.51. The van der Waals surface area contributed by atoms with Gasteiger partial charge in [0.25, 0.3) is 0 Å². The highest BCUT2D eigenvalue weighted by Crippen LogP contribution is 2.34. The van der Waals surface area contributed by atoms with Gasteiger partial charge in [-0.05, 0) is 37.1 Å². The van der Waals surface area contributed by atoms with Crippen LogP contribution in [0.2, 0.25) is 5.02 Å². The van der Waals surface area contributed by atoms with E-state index in [9.17, 15) is 5.26 Å². The first-order chi connectivity index (χ1) is 9.56. The number of nitrogens with zero attached hydrogens (tertiary/aromatic N) is 1. The van der Waals surface area contributed by atoms with Gasteiger partial charge in [0.15, 0.2) is 0 Å². The van der Waals surface area contributed by atoms with Crippen LogP contribution in [0.5, 0.6) is 5.75 Å². The van der Waals surface area contributed by atoms with Crippen LogP contribution in [0.4, 0.5) is 11.4 Å². The molecule has 2 rings (SSSR count). The van der Waals surface area contributed by atoms with Crippen molar-refractivity contribution >= 4 is 23.0 Å². The quantitative estimate of drug-likeness (QED) is 0.898. The van der Waals surface area contributed by atoms with E-state index in [-0.39, 0.29) is 0 Å². The number of halogens is 1. The highest BCUT2D eigenvalue weighted by molar-refractivity contribution is 6.31. The van der Waals surface area contributed by atoms with Gasteiger partial charge in [-0.25, -0.2) is 0 Å². The fourth-order valence-electron chi connectivity index (χ4n) is 1.99. The first-order valence-corrected chi connectivity index (χ1v) is 6.55. The van der Waals surface area contributed by atoms with E-state index < -0.39 is 0 Å². The maximum Gasteiger partial charge on any atom is 0.143 e. The van der Waals surface area contributed by atoms with Gasteiger partial charge in [0.1, 0.15) is 11.8 Å². The third-order valence-corrected chi connectivity index (χ3v) is 3.54. The summed E-state index contributed by atoms with van der Waals surface area (Å²) in [7, 11) is 1.59. The van der Waals surface area contributed by atoms with Gasteiger partial charge in [-0.2, -0.15) is 5.26 Å². The minimum Gasteiger partial charge on any atom is -0.495 e. The fraction of sp³-hybridized carbons (Fsp3) is 0.188. The number of para-hydroxylation sites is 1. The van der Waals surface area contributed by atoms with Gasteiger partial charge in [-0.3, -0.25) is 0 Å². The summed E-state index contributed by atoms with van der Waals surface area (Å²) in [5.41, 5.74) is 4.12. The van der Waals surface area contributed by atoms with Gasteiger partial charge in [0.2, 0.25) is 0 Å². The van der Waals surface area contributed by atoms with Gasteiger partial charge >= 0.3 is 0 Å². The van der Waals surface area contributed by atoms with Crippen molar-refractivity contribution in [1.82, 2.24) is 0 Å². The molecule has 0 aliphatic carbocycles. The molecule has 0 atom stereocenters. The van der Waals surface area contributed by atoms with Gasteiger partial charge in [-0.1, -0.05) is 23.7 Å². The lowest BCUT2D eigenvalue weighted by Crippen LogP contribution is -1.99. The van der Waals surface area contributed by atoms with E-state index in [1.54, 1.807) is 19.2 Å². The molecule has 0 spiro atoms. The summed E-state index contributed by atoms with van der Waals surface area (Å²) < 4.78 is 5.34. The molecule has 102 valence electrons. The van der Waals surface area contributed by atoms with Crippen LogP contribution in [-0.4, -0.2) is 7.11 Å². The molecule has 1 N–H and O–H groups in total. The average Bonchev–Trinajstić information content (AvgIpc) is 2.44. The molecule has 20 heavy (non-hydrogen) atoms. The maximum atomic E-state index is 9.20. The zero-order valence-corrected chi connectivity index (χ0v) is 12.4. The number of hydrogen-bond acceptors (Lipinski definition) is 3. The number of nitrogens with one attached hydrogen (secondary N) is 1. The number of rotatable bonds is 3. The first kappa shape index (κ1) is 14.2. The Kier molecular flexibility index (Phi) is 4.16. The minimum absolute atomic E-state index is 0.597. The van der Waals surface area contributed by atoms with Crippen LogP contribution < -0.4 is 10.1 Å². The number of aryl methyl sites for hydroxylation is 2. The van der Waals surface area contributed by atoms with Gasteiger partial charge in [-0.15, -0.1) is 0 Å². The second kappa shape index (κ2) is 5.85. The maximum absolute atomic E-state index is 9.20. The Hall–Kier alpha value is -2.18. The zero-order valence-electron chi connectivity index (χ0n) is 11.6. The van der Waals surface area contributed by atoms with Gasteiger partial charge in [0, 0.05) is 11.1 Å². The van der Waals surface area contributed by atoms with Crippen LogP contribution in [0.1, 0.15) is 16.7 Å². The molecular weight excluding hydrogens is 272 g/mol. The number of hydrogen-bond donors (Lipinski definition) is 1. The summed E-state index contributed by atoms with van der Waals surface area (Å²) in [6.45, 7) is 3.88. The van der Waals surface area contributed by atoms with Crippen molar-refractivity contribution in [2.75, 3.05) is 12.4 Å². The molecule has 0 saturated carbocycles. The number of nitriles is 1. The molecule has 0 heterocycles. The predicted octanol–water partition coefficient (Wildman–Crippen LogP) is 4.58. The lowest BCUT2D eigenvalue weighted by molar-refractivity contribution is 0.417. The lowest BCUT2D eigenvalue weighted by Gasteiger charge is -2.15. The molecule has 0 aliphatic heterocycles. The Morgan fingerprint density at radius 1 is 1.20 bits per heavy atom. The third-order valence-electron chi connectivity index (χ3n) is 3.13. The van der Waals surface area contributed by atoms with Crippen LogP contribution in [0, 0.1) is 25.2 Å². The molecular formula is C16H15ClN2O. The van der Waals surface area contributed by atoms with E-state index in [4.69, 9.17) is 16.3 Å². The Morgan fingerprint density at radius 3 is 2.60 bits per heavy atom. The number of benzene rings is 2. The second-order valence-electron chi connectivity index (χ2n) is 4.54. The van der Waals surface area contributed by atoms with Crippen LogP contribution in [0.25, 0.3) is 0 Å². The topological polar surface area (TPSA) is 45.0 Å². The van der Waals surface area contributed by atoms with E-state index in [0.29, 0.717) is 16.3 Å². The number of methoxy groups -OCH3 is 1. The van der Waals surface area contributed by atoms with Crippen LogP contribution >= 0.6 is 11.6 Å².